The summed E-state index contributed by atoms with van der Waals surface area (Å²) in [5.41, 5.74) is 0. The molecule has 3 rings (SSSR count). The highest BCUT2D eigenvalue weighted by Gasteiger charge is 2.34. The minimum atomic E-state index is -2.83. The molecule has 0 aliphatic carbocycles. The average molecular weight is 342 g/mol. The summed E-state index contributed by atoms with van der Waals surface area (Å²) < 4.78 is 23.1. The van der Waals surface area contributed by atoms with Gasteiger partial charge in [-0.05, 0) is 24.3 Å². The SMILES string of the molecule is O=C(CCc1cccs1)N1CCN([C@@H]2CCS(=O)(=O)C2)CC1. The summed E-state index contributed by atoms with van der Waals surface area (Å²) in [6.07, 6.45) is 2.13. The molecule has 0 unspecified atom stereocenters. The van der Waals surface area contributed by atoms with Crippen molar-refractivity contribution in [1.82, 2.24) is 9.80 Å². The highest BCUT2D eigenvalue weighted by atomic mass is 32.2. The maximum absolute atomic E-state index is 12.2. The molecule has 0 bridgehead atoms. The molecule has 7 heteroatoms. The van der Waals surface area contributed by atoms with Gasteiger partial charge >= 0.3 is 0 Å². The molecule has 0 saturated carbocycles. The minimum absolute atomic E-state index is 0.161. The summed E-state index contributed by atoms with van der Waals surface area (Å²) in [4.78, 5) is 17.7. The largest absolute Gasteiger partial charge is 0.340 e. The molecule has 1 aromatic heterocycles. The van der Waals surface area contributed by atoms with E-state index < -0.39 is 9.84 Å². The summed E-state index contributed by atoms with van der Waals surface area (Å²) in [7, 11) is -2.83. The van der Waals surface area contributed by atoms with Crippen LogP contribution in [0.15, 0.2) is 17.5 Å². The second kappa shape index (κ2) is 6.68. The van der Waals surface area contributed by atoms with Gasteiger partial charge < -0.3 is 4.90 Å². The lowest BCUT2D eigenvalue weighted by atomic mass is 10.1. The molecule has 0 aromatic carbocycles. The Bertz CT molecular complexity index is 605. The average Bonchev–Trinajstić information content (AvgIpc) is 3.14. The number of rotatable bonds is 4. The Morgan fingerprint density at radius 1 is 1.27 bits per heavy atom. The van der Waals surface area contributed by atoms with Gasteiger partial charge in [0, 0.05) is 43.5 Å². The number of thiophene rings is 1. The van der Waals surface area contributed by atoms with Gasteiger partial charge in [0.05, 0.1) is 11.5 Å². The molecular weight excluding hydrogens is 320 g/mol. The van der Waals surface area contributed by atoms with Crippen molar-refractivity contribution in [3.63, 3.8) is 0 Å². The normalized spacial score (nSPS) is 25.5. The molecule has 1 atom stereocenters. The number of nitrogens with zero attached hydrogens (tertiary/aromatic N) is 2. The van der Waals surface area contributed by atoms with Crippen molar-refractivity contribution < 1.29 is 13.2 Å². The van der Waals surface area contributed by atoms with Gasteiger partial charge in [-0.1, -0.05) is 6.07 Å². The molecule has 0 spiro atoms. The predicted octanol–water partition coefficient (Wildman–Crippen LogP) is 1.01. The van der Waals surface area contributed by atoms with Crippen molar-refractivity contribution >= 4 is 27.1 Å². The van der Waals surface area contributed by atoms with Gasteiger partial charge in [-0.3, -0.25) is 9.69 Å². The van der Waals surface area contributed by atoms with Crippen molar-refractivity contribution in [3.8, 4) is 0 Å². The van der Waals surface area contributed by atoms with Crippen LogP contribution < -0.4 is 0 Å². The third kappa shape index (κ3) is 3.88. The number of sulfone groups is 1. The molecule has 3 heterocycles. The monoisotopic (exact) mass is 342 g/mol. The van der Waals surface area contributed by atoms with Crippen LogP contribution in [0.5, 0.6) is 0 Å². The lowest BCUT2D eigenvalue weighted by Crippen LogP contribution is -2.52. The van der Waals surface area contributed by atoms with E-state index in [0.717, 1.165) is 39.0 Å². The molecule has 0 radical (unpaired) electrons. The smallest absolute Gasteiger partial charge is 0.223 e. The summed E-state index contributed by atoms with van der Waals surface area (Å²) in [5, 5.41) is 2.04. The predicted molar refractivity (Wildman–Crippen MR) is 87.9 cm³/mol. The van der Waals surface area contributed by atoms with E-state index in [-0.39, 0.29) is 11.9 Å². The van der Waals surface area contributed by atoms with E-state index in [1.54, 1.807) is 11.3 Å². The van der Waals surface area contributed by atoms with Crippen LogP contribution in [0.4, 0.5) is 0 Å². The molecule has 1 aromatic rings. The van der Waals surface area contributed by atoms with Gasteiger partial charge in [-0.25, -0.2) is 8.42 Å². The van der Waals surface area contributed by atoms with Crippen LogP contribution in [0.2, 0.25) is 0 Å². The number of hydrogen-bond donors (Lipinski definition) is 0. The third-order valence-electron chi connectivity index (χ3n) is 4.56. The molecule has 22 heavy (non-hydrogen) atoms. The topological polar surface area (TPSA) is 57.7 Å². The molecule has 122 valence electrons. The van der Waals surface area contributed by atoms with Crippen molar-refractivity contribution in [2.24, 2.45) is 0 Å². The van der Waals surface area contributed by atoms with Gasteiger partial charge in [0.1, 0.15) is 0 Å². The van der Waals surface area contributed by atoms with E-state index in [0.29, 0.717) is 17.9 Å². The van der Waals surface area contributed by atoms with Crippen molar-refractivity contribution in [2.45, 2.75) is 25.3 Å². The quantitative estimate of drug-likeness (QED) is 0.819. The van der Waals surface area contributed by atoms with E-state index in [4.69, 9.17) is 0 Å². The van der Waals surface area contributed by atoms with Crippen LogP contribution in [0, 0.1) is 0 Å². The fourth-order valence-corrected chi connectivity index (χ4v) is 5.71. The second-order valence-electron chi connectivity index (χ2n) is 6.05. The van der Waals surface area contributed by atoms with Crippen LogP contribution in [0.3, 0.4) is 0 Å². The van der Waals surface area contributed by atoms with Gasteiger partial charge in [0.2, 0.25) is 5.91 Å². The lowest BCUT2D eigenvalue weighted by molar-refractivity contribution is -0.133. The zero-order chi connectivity index (χ0) is 15.6. The maximum Gasteiger partial charge on any atom is 0.223 e. The number of carbonyl (C=O) groups excluding carboxylic acids is 1. The van der Waals surface area contributed by atoms with E-state index in [9.17, 15) is 13.2 Å². The van der Waals surface area contributed by atoms with E-state index in [1.807, 2.05) is 16.3 Å². The van der Waals surface area contributed by atoms with Crippen LogP contribution in [0.1, 0.15) is 17.7 Å². The third-order valence-corrected chi connectivity index (χ3v) is 7.24. The van der Waals surface area contributed by atoms with Gasteiger partial charge in [0.15, 0.2) is 9.84 Å². The molecule has 2 saturated heterocycles. The van der Waals surface area contributed by atoms with E-state index in [2.05, 4.69) is 11.0 Å². The minimum Gasteiger partial charge on any atom is -0.340 e. The number of aryl methyl sites for hydroxylation is 1. The second-order valence-corrected chi connectivity index (χ2v) is 9.31. The Balaban J connectivity index is 1.44. The summed E-state index contributed by atoms with van der Waals surface area (Å²) in [6.45, 7) is 3.04. The van der Waals surface area contributed by atoms with E-state index >= 15 is 0 Å². The molecule has 2 fully saturated rings. The summed E-state index contributed by atoms with van der Waals surface area (Å²) >= 11 is 1.69. The fourth-order valence-electron chi connectivity index (χ4n) is 3.24. The highest BCUT2D eigenvalue weighted by molar-refractivity contribution is 7.91. The van der Waals surface area contributed by atoms with Crippen molar-refractivity contribution in [3.05, 3.63) is 22.4 Å². The molecule has 2 aliphatic rings. The number of amides is 1. The van der Waals surface area contributed by atoms with Gasteiger partial charge in [-0.15, -0.1) is 11.3 Å². The van der Waals surface area contributed by atoms with Crippen LogP contribution in [0.25, 0.3) is 0 Å². The molecule has 1 amide bonds. The summed E-state index contributed by atoms with van der Waals surface area (Å²) in [5.74, 6) is 0.823. The first-order chi connectivity index (χ1) is 10.5. The number of carbonyl (C=O) groups is 1. The van der Waals surface area contributed by atoms with Gasteiger partial charge in [-0.2, -0.15) is 0 Å². The van der Waals surface area contributed by atoms with Crippen molar-refractivity contribution in [1.29, 1.82) is 0 Å². The van der Waals surface area contributed by atoms with Crippen molar-refractivity contribution in [2.75, 3.05) is 37.7 Å². The lowest BCUT2D eigenvalue weighted by Gasteiger charge is -2.37. The zero-order valence-corrected chi connectivity index (χ0v) is 14.2. The van der Waals surface area contributed by atoms with Gasteiger partial charge in [0.25, 0.3) is 0 Å². The number of piperazine rings is 1. The molecule has 2 aliphatic heterocycles. The fraction of sp³-hybridized carbons (Fsp3) is 0.667. The standard InChI is InChI=1S/C15H22N2O3S2/c18-15(4-3-14-2-1-10-21-14)17-8-6-16(7-9-17)13-5-11-22(19,20)12-13/h1-2,10,13H,3-9,11-12H2/t13-/m1/s1. The Kier molecular flexibility index (Phi) is 4.84. The van der Waals surface area contributed by atoms with E-state index in [1.165, 1.54) is 4.88 Å². The molecular formula is C15H22N2O3S2. The Hall–Kier alpha value is -0.920. The first kappa shape index (κ1) is 16.0. The molecule has 5 nitrogen and oxygen atoms in total. The van der Waals surface area contributed by atoms with Crippen LogP contribution >= 0.6 is 11.3 Å². The van der Waals surface area contributed by atoms with Crippen LogP contribution in [-0.2, 0) is 21.1 Å². The molecule has 0 N–H and O–H groups in total. The highest BCUT2D eigenvalue weighted by Crippen LogP contribution is 2.19. The Morgan fingerprint density at radius 3 is 2.64 bits per heavy atom. The van der Waals surface area contributed by atoms with Crippen LogP contribution in [-0.4, -0.2) is 67.9 Å². The first-order valence-electron chi connectivity index (χ1n) is 7.78. The zero-order valence-electron chi connectivity index (χ0n) is 12.6. The maximum atomic E-state index is 12.2. The summed E-state index contributed by atoms with van der Waals surface area (Å²) in [6, 6.07) is 4.24. The Labute approximate surface area is 135 Å². The first-order valence-corrected chi connectivity index (χ1v) is 10.5. The Morgan fingerprint density at radius 2 is 2.05 bits per heavy atom. The number of hydrogen-bond acceptors (Lipinski definition) is 5.